The molecule has 2 amide bonds. The number of rotatable bonds is 6. The first-order chi connectivity index (χ1) is 8.88. The first-order valence-electron chi connectivity index (χ1n) is 6.54. The number of hydrogen-bond donors (Lipinski definition) is 1. The van der Waals surface area contributed by atoms with Crippen LogP contribution in [0.5, 0.6) is 0 Å². The molecule has 1 unspecified atom stereocenters. The van der Waals surface area contributed by atoms with Crippen LogP contribution in [0.15, 0.2) is 0 Å². The lowest BCUT2D eigenvalue weighted by Crippen LogP contribution is -2.40. The Morgan fingerprint density at radius 2 is 1.89 bits per heavy atom. The number of likely N-dealkylation sites (tertiary alicyclic amines) is 1. The summed E-state index contributed by atoms with van der Waals surface area (Å²) in [5.74, 6) is -0.386. The smallest absolute Gasteiger partial charge is 0.305 e. The molecule has 0 spiro atoms. The number of imide groups is 1. The van der Waals surface area contributed by atoms with E-state index in [1.807, 2.05) is 0 Å². The van der Waals surface area contributed by atoms with Crippen molar-refractivity contribution in [3.63, 3.8) is 0 Å². The van der Waals surface area contributed by atoms with Gasteiger partial charge in [0.15, 0.2) is 0 Å². The normalized spacial score (nSPS) is 24.4. The van der Waals surface area contributed by atoms with Crippen molar-refractivity contribution < 1.29 is 22.8 Å². The highest BCUT2D eigenvalue weighted by molar-refractivity contribution is 6.06. The molecule has 2 fully saturated rings. The van der Waals surface area contributed by atoms with Crippen LogP contribution in [0.3, 0.4) is 0 Å². The third-order valence-corrected chi connectivity index (χ3v) is 3.37. The lowest BCUT2D eigenvalue weighted by Gasteiger charge is -2.14. The summed E-state index contributed by atoms with van der Waals surface area (Å²) in [6, 6.07) is -0.476. The molecule has 108 valence electrons. The topological polar surface area (TPSA) is 49.4 Å². The van der Waals surface area contributed by atoms with E-state index >= 15 is 0 Å². The van der Waals surface area contributed by atoms with E-state index in [1.165, 1.54) is 4.90 Å². The molecule has 1 aliphatic carbocycles. The first-order valence-corrected chi connectivity index (χ1v) is 6.54. The van der Waals surface area contributed by atoms with E-state index in [-0.39, 0.29) is 30.7 Å². The molecule has 7 heteroatoms. The summed E-state index contributed by atoms with van der Waals surface area (Å²) in [5.41, 5.74) is 0. The number of hydrogen-bond acceptors (Lipinski definition) is 3. The molecule has 0 bridgehead atoms. The first kappa shape index (κ1) is 14.3. The molecule has 0 aromatic rings. The average molecular weight is 278 g/mol. The van der Waals surface area contributed by atoms with Crippen molar-refractivity contribution in [1.29, 1.82) is 0 Å². The Bertz CT molecular complexity index is 366. The van der Waals surface area contributed by atoms with Gasteiger partial charge < -0.3 is 5.32 Å². The van der Waals surface area contributed by atoms with Gasteiger partial charge in [0, 0.05) is 12.5 Å². The molecule has 1 saturated heterocycles. The summed E-state index contributed by atoms with van der Waals surface area (Å²) in [4.78, 5) is 24.8. The predicted octanol–water partition coefficient (Wildman–Crippen LogP) is 1.60. The SMILES string of the molecule is O=C1CC(NCCCCC(F)(F)F)C(=O)N1C1CC1. The highest BCUT2D eigenvalue weighted by Crippen LogP contribution is 2.31. The number of nitrogens with zero attached hydrogens (tertiary/aromatic N) is 1. The number of carbonyl (C=O) groups is 2. The average Bonchev–Trinajstić information content (AvgIpc) is 3.06. The molecule has 1 saturated carbocycles. The zero-order valence-corrected chi connectivity index (χ0v) is 10.5. The van der Waals surface area contributed by atoms with E-state index in [2.05, 4.69) is 5.32 Å². The molecule has 1 aliphatic heterocycles. The lowest BCUT2D eigenvalue weighted by atomic mass is 10.2. The Morgan fingerprint density at radius 1 is 1.21 bits per heavy atom. The van der Waals surface area contributed by atoms with Gasteiger partial charge in [0.2, 0.25) is 11.8 Å². The number of nitrogens with one attached hydrogen (secondary N) is 1. The van der Waals surface area contributed by atoms with Crippen molar-refractivity contribution >= 4 is 11.8 Å². The Labute approximate surface area is 109 Å². The van der Waals surface area contributed by atoms with E-state index in [4.69, 9.17) is 0 Å². The van der Waals surface area contributed by atoms with Crippen LogP contribution in [0.1, 0.15) is 38.5 Å². The van der Waals surface area contributed by atoms with Gasteiger partial charge in [0.1, 0.15) is 0 Å². The van der Waals surface area contributed by atoms with Gasteiger partial charge in [0.25, 0.3) is 0 Å². The third-order valence-electron chi connectivity index (χ3n) is 3.37. The van der Waals surface area contributed by atoms with Gasteiger partial charge >= 0.3 is 6.18 Å². The summed E-state index contributed by atoms with van der Waals surface area (Å²) >= 11 is 0. The molecule has 2 rings (SSSR count). The summed E-state index contributed by atoms with van der Waals surface area (Å²) in [5, 5.41) is 2.88. The second kappa shape index (κ2) is 5.48. The quantitative estimate of drug-likeness (QED) is 0.593. The molecular formula is C12H17F3N2O2. The van der Waals surface area contributed by atoms with Crippen LogP contribution in [0.4, 0.5) is 13.2 Å². The number of unbranched alkanes of at least 4 members (excludes halogenated alkanes) is 1. The van der Waals surface area contributed by atoms with Gasteiger partial charge in [0.05, 0.1) is 12.5 Å². The monoisotopic (exact) mass is 278 g/mol. The number of carbonyl (C=O) groups excluding carboxylic acids is 2. The predicted molar refractivity (Wildman–Crippen MR) is 61.2 cm³/mol. The van der Waals surface area contributed by atoms with Crippen LogP contribution in [-0.4, -0.2) is 41.5 Å². The van der Waals surface area contributed by atoms with Crippen molar-refractivity contribution in [3.8, 4) is 0 Å². The Hall–Kier alpha value is -1.11. The van der Waals surface area contributed by atoms with Gasteiger partial charge in [-0.05, 0) is 32.2 Å². The summed E-state index contributed by atoms with van der Waals surface area (Å²) in [6.45, 7) is 0.332. The van der Waals surface area contributed by atoms with Crippen molar-refractivity contribution in [2.75, 3.05) is 6.54 Å². The van der Waals surface area contributed by atoms with E-state index in [1.54, 1.807) is 0 Å². The van der Waals surface area contributed by atoms with Crippen molar-refractivity contribution in [3.05, 3.63) is 0 Å². The molecule has 4 nitrogen and oxygen atoms in total. The van der Waals surface area contributed by atoms with Gasteiger partial charge in [-0.15, -0.1) is 0 Å². The van der Waals surface area contributed by atoms with Crippen LogP contribution in [0.25, 0.3) is 0 Å². The zero-order valence-electron chi connectivity index (χ0n) is 10.5. The number of halogens is 3. The number of alkyl halides is 3. The maximum Gasteiger partial charge on any atom is 0.389 e. The largest absolute Gasteiger partial charge is 0.389 e. The molecule has 1 heterocycles. The Morgan fingerprint density at radius 3 is 2.47 bits per heavy atom. The van der Waals surface area contributed by atoms with Crippen LogP contribution in [-0.2, 0) is 9.59 Å². The fourth-order valence-electron chi connectivity index (χ4n) is 2.25. The highest BCUT2D eigenvalue weighted by Gasteiger charge is 2.45. The Kier molecular flexibility index (Phi) is 4.13. The van der Waals surface area contributed by atoms with E-state index < -0.39 is 18.6 Å². The molecule has 1 atom stereocenters. The lowest BCUT2D eigenvalue weighted by molar-refractivity contribution is -0.140. The summed E-state index contributed by atoms with van der Waals surface area (Å²) in [7, 11) is 0. The molecule has 0 aromatic carbocycles. The minimum atomic E-state index is -4.12. The van der Waals surface area contributed by atoms with Crippen LogP contribution in [0, 0.1) is 0 Å². The van der Waals surface area contributed by atoms with Crippen LogP contribution < -0.4 is 5.32 Å². The van der Waals surface area contributed by atoms with Crippen LogP contribution in [0.2, 0.25) is 0 Å². The molecular weight excluding hydrogens is 261 g/mol. The fourth-order valence-corrected chi connectivity index (χ4v) is 2.25. The standard InChI is InChI=1S/C12H17F3N2O2/c13-12(14,15)5-1-2-6-16-9-7-10(18)17(11(9)19)8-3-4-8/h8-9,16H,1-7H2. The summed E-state index contributed by atoms with van der Waals surface area (Å²) < 4.78 is 35.8. The molecule has 2 aliphatic rings. The maximum absolute atomic E-state index is 11.9. The molecule has 19 heavy (non-hydrogen) atoms. The second-order valence-electron chi connectivity index (χ2n) is 5.12. The molecule has 1 N–H and O–H groups in total. The van der Waals surface area contributed by atoms with E-state index in [0.717, 1.165) is 12.8 Å². The third kappa shape index (κ3) is 3.92. The van der Waals surface area contributed by atoms with E-state index in [9.17, 15) is 22.8 Å². The van der Waals surface area contributed by atoms with Gasteiger partial charge in [-0.1, -0.05) is 0 Å². The Balaban J connectivity index is 1.67. The van der Waals surface area contributed by atoms with Crippen molar-refractivity contribution in [2.24, 2.45) is 0 Å². The van der Waals surface area contributed by atoms with Gasteiger partial charge in [-0.3, -0.25) is 14.5 Å². The maximum atomic E-state index is 11.9. The van der Waals surface area contributed by atoms with E-state index in [0.29, 0.717) is 13.0 Å². The van der Waals surface area contributed by atoms with Crippen molar-refractivity contribution in [2.45, 2.75) is 56.8 Å². The van der Waals surface area contributed by atoms with Gasteiger partial charge in [-0.25, -0.2) is 0 Å². The minimum Gasteiger partial charge on any atom is -0.305 e. The molecule has 0 aromatic heterocycles. The minimum absolute atomic E-state index is 0.0394. The molecule has 0 radical (unpaired) electrons. The number of amides is 2. The second-order valence-corrected chi connectivity index (χ2v) is 5.12. The summed E-state index contributed by atoms with van der Waals surface area (Å²) in [6.07, 6.45) is -2.67. The highest BCUT2D eigenvalue weighted by atomic mass is 19.4. The van der Waals surface area contributed by atoms with Crippen LogP contribution >= 0.6 is 0 Å². The fraction of sp³-hybridized carbons (Fsp3) is 0.833. The van der Waals surface area contributed by atoms with Crippen molar-refractivity contribution in [1.82, 2.24) is 10.2 Å². The van der Waals surface area contributed by atoms with Gasteiger partial charge in [-0.2, -0.15) is 13.2 Å². The zero-order chi connectivity index (χ0) is 14.0.